The number of aryl methyl sites for hydroxylation is 1. The Hall–Kier alpha value is -2.74. The van der Waals surface area contributed by atoms with E-state index in [0.29, 0.717) is 5.92 Å². The number of hydrogen-bond acceptors (Lipinski definition) is 5. The molecule has 5 rings (SSSR count). The molecule has 9 heteroatoms. The molecule has 1 aromatic heterocycles. The molecular formula is C33H43Cl3N4O2. The van der Waals surface area contributed by atoms with E-state index in [1.54, 1.807) is 14.2 Å². The minimum absolute atomic E-state index is 0. The van der Waals surface area contributed by atoms with Gasteiger partial charge < -0.3 is 14.5 Å². The van der Waals surface area contributed by atoms with Crippen molar-refractivity contribution in [3.05, 3.63) is 101 Å². The van der Waals surface area contributed by atoms with Gasteiger partial charge in [0.2, 0.25) is 0 Å². The number of nitrogens with zero attached hydrogens (tertiary/aromatic N) is 3. The highest BCUT2D eigenvalue weighted by atomic mass is 35.5. The van der Waals surface area contributed by atoms with Gasteiger partial charge in [0.15, 0.2) is 0 Å². The first-order chi connectivity index (χ1) is 19.0. The zero-order chi connectivity index (χ0) is 27.4. The van der Waals surface area contributed by atoms with Crippen molar-refractivity contribution in [2.75, 3.05) is 40.4 Å². The summed E-state index contributed by atoms with van der Waals surface area (Å²) in [5.74, 6) is 3.14. The second-order valence-corrected chi connectivity index (χ2v) is 10.7. The predicted molar refractivity (Wildman–Crippen MR) is 179 cm³/mol. The Morgan fingerprint density at radius 2 is 1.24 bits per heavy atom. The summed E-state index contributed by atoms with van der Waals surface area (Å²) in [5, 5.41) is 0. The predicted octanol–water partition coefficient (Wildman–Crippen LogP) is 7.77. The van der Waals surface area contributed by atoms with Crippen LogP contribution in [0.1, 0.15) is 48.4 Å². The molecule has 1 saturated heterocycles. The molecule has 3 aromatic carbocycles. The van der Waals surface area contributed by atoms with Crippen molar-refractivity contribution in [3.63, 3.8) is 0 Å². The monoisotopic (exact) mass is 632 g/mol. The van der Waals surface area contributed by atoms with Crippen LogP contribution in [-0.4, -0.2) is 60.2 Å². The fourth-order valence-corrected chi connectivity index (χ4v) is 5.92. The van der Waals surface area contributed by atoms with Crippen LogP contribution in [0, 0.1) is 12.8 Å². The fourth-order valence-electron chi connectivity index (χ4n) is 5.92. The molecule has 42 heavy (non-hydrogen) atoms. The number of ether oxygens (including phenoxy) is 2. The lowest BCUT2D eigenvalue weighted by Gasteiger charge is -2.43. The SMILES string of the molecule is COc1cccc(C(c2cccc(OC)c2)N2CCN(C(c3nc(-c4ccccc4)[nH]c3C)C(C)C)CC2)c1.Cl.Cl.Cl. The smallest absolute Gasteiger partial charge is 0.137 e. The maximum absolute atomic E-state index is 5.58. The van der Waals surface area contributed by atoms with E-state index in [4.69, 9.17) is 14.5 Å². The molecule has 228 valence electrons. The standard InChI is InChI=1S/C33H40N4O2.3ClH/c1-23(2)31(30-24(3)34-33(35-30)25-11-7-6-8-12-25)36-17-19-37(20-18-36)32(26-13-9-15-28(21-26)38-4)27-14-10-16-29(22-27)39-5;;;/h6-16,21-23,31-32H,17-20H2,1-5H3,(H,34,35);3*1H. The molecule has 6 nitrogen and oxygen atoms in total. The second-order valence-electron chi connectivity index (χ2n) is 10.7. The molecule has 4 aromatic rings. The van der Waals surface area contributed by atoms with Crippen molar-refractivity contribution < 1.29 is 9.47 Å². The topological polar surface area (TPSA) is 53.6 Å². The molecule has 1 fully saturated rings. The number of aromatic amines is 1. The third-order valence-electron chi connectivity index (χ3n) is 7.81. The van der Waals surface area contributed by atoms with Gasteiger partial charge in [-0.3, -0.25) is 9.80 Å². The van der Waals surface area contributed by atoms with Gasteiger partial charge in [0.1, 0.15) is 17.3 Å². The summed E-state index contributed by atoms with van der Waals surface area (Å²) < 4.78 is 11.2. The summed E-state index contributed by atoms with van der Waals surface area (Å²) >= 11 is 0. The normalized spacial score (nSPS) is 14.5. The zero-order valence-electron chi connectivity index (χ0n) is 24.9. The Balaban J connectivity index is 0.00000205. The Morgan fingerprint density at radius 3 is 1.74 bits per heavy atom. The number of nitrogens with one attached hydrogen (secondary N) is 1. The summed E-state index contributed by atoms with van der Waals surface area (Å²) in [6, 6.07) is 27.7. The van der Waals surface area contributed by atoms with Gasteiger partial charge in [-0.1, -0.05) is 68.4 Å². The molecule has 1 atom stereocenters. The number of piperazine rings is 1. The van der Waals surface area contributed by atoms with E-state index in [0.717, 1.165) is 60.5 Å². The Bertz CT molecular complexity index is 1330. The largest absolute Gasteiger partial charge is 0.497 e. The summed E-state index contributed by atoms with van der Waals surface area (Å²) in [6.45, 7) is 10.6. The molecule has 2 heterocycles. The average molecular weight is 634 g/mol. The van der Waals surface area contributed by atoms with Crippen LogP contribution >= 0.6 is 37.2 Å². The van der Waals surface area contributed by atoms with E-state index in [-0.39, 0.29) is 49.3 Å². The van der Waals surface area contributed by atoms with Gasteiger partial charge in [0.25, 0.3) is 0 Å². The minimum atomic E-state index is 0. The van der Waals surface area contributed by atoms with Crippen molar-refractivity contribution in [1.29, 1.82) is 0 Å². The second kappa shape index (κ2) is 16.2. The highest BCUT2D eigenvalue weighted by Crippen LogP contribution is 2.36. The van der Waals surface area contributed by atoms with E-state index in [1.165, 1.54) is 11.1 Å². The molecule has 1 aliphatic heterocycles. The van der Waals surface area contributed by atoms with Crippen LogP contribution in [0.5, 0.6) is 11.5 Å². The van der Waals surface area contributed by atoms with Crippen molar-refractivity contribution in [3.8, 4) is 22.9 Å². The lowest BCUT2D eigenvalue weighted by molar-refractivity contribution is 0.0598. The molecule has 0 bridgehead atoms. The average Bonchev–Trinajstić information content (AvgIpc) is 3.35. The quantitative estimate of drug-likeness (QED) is 0.204. The van der Waals surface area contributed by atoms with Crippen molar-refractivity contribution in [2.45, 2.75) is 32.9 Å². The van der Waals surface area contributed by atoms with E-state index >= 15 is 0 Å². The number of methoxy groups -OCH3 is 2. The maximum atomic E-state index is 5.58. The highest BCUT2D eigenvalue weighted by Gasteiger charge is 2.33. The third-order valence-corrected chi connectivity index (χ3v) is 7.81. The van der Waals surface area contributed by atoms with E-state index in [1.807, 2.05) is 18.2 Å². The summed E-state index contributed by atoms with van der Waals surface area (Å²) in [7, 11) is 3.45. The molecule has 0 aliphatic carbocycles. The van der Waals surface area contributed by atoms with Gasteiger partial charge in [-0.2, -0.15) is 0 Å². The van der Waals surface area contributed by atoms with Gasteiger partial charge in [0.05, 0.1) is 32.0 Å². The van der Waals surface area contributed by atoms with Crippen LogP contribution in [0.15, 0.2) is 78.9 Å². The number of aromatic nitrogens is 2. The number of H-pyrrole nitrogens is 1. The molecular weight excluding hydrogens is 591 g/mol. The molecule has 0 saturated carbocycles. The van der Waals surface area contributed by atoms with Crippen molar-refractivity contribution in [2.24, 2.45) is 5.92 Å². The molecule has 0 radical (unpaired) electrons. The Labute approximate surface area is 269 Å². The number of halogens is 3. The van der Waals surface area contributed by atoms with Crippen molar-refractivity contribution >= 4 is 37.2 Å². The fraction of sp³-hybridized carbons (Fsp3) is 0.364. The van der Waals surface area contributed by atoms with Gasteiger partial charge in [-0.15, -0.1) is 37.2 Å². The molecule has 1 N–H and O–H groups in total. The van der Waals surface area contributed by atoms with Gasteiger partial charge in [-0.25, -0.2) is 4.98 Å². The van der Waals surface area contributed by atoms with Crippen LogP contribution in [0.4, 0.5) is 0 Å². The van der Waals surface area contributed by atoms with E-state index < -0.39 is 0 Å². The van der Waals surface area contributed by atoms with Gasteiger partial charge >= 0.3 is 0 Å². The number of benzene rings is 3. The first kappa shape index (κ1) is 35.5. The number of rotatable bonds is 9. The third kappa shape index (κ3) is 7.80. The summed E-state index contributed by atoms with van der Waals surface area (Å²) in [6.07, 6.45) is 0. The first-order valence-electron chi connectivity index (χ1n) is 13.9. The van der Waals surface area contributed by atoms with Crippen LogP contribution in [0.25, 0.3) is 11.4 Å². The molecule has 1 aliphatic rings. The summed E-state index contributed by atoms with van der Waals surface area (Å²) in [5.41, 5.74) is 5.90. The molecule has 0 spiro atoms. The van der Waals surface area contributed by atoms with Gasteiger partial charge in [0, 0.05) is 37.4 Å². The Morgan fingerprint density at radius 1 is 0.714 bits per heavy atom. The molecule has 0 amide bonds. The van der Waals surface area contributed by atoms with E-state index in [2.05, 4.69) is 96.2 Å². The van der Waals surface area contributed by atoms with E-state index in [9.17, 15) is 0 Å². The summed E-state index contributed by atoms with van der Waals surface area (Å²) in [4.78, 5) is 13.9. The Kier molecular flexibility index (Phi) is 13.7. The van der Waals surface area contributed by atoms with Crippen LogP contribution in [-0.2, 0) is 0 Å². The van der Waals surface area contributed by atoms with Gasteiger partial charge in [-0.05, 0) is 48.2 Å². The first-order valence-corrected chi connectivity index (χ1v) is 13.9. The maximum Gasteiger partial charge on any atom is 0.137 e. The zero-order valence-corrected chi connectivity index (χ0v) is 27.4. The lowest BCUT2D eigenvalue weighted by atomic mass is 9.94. The van der Waals surface area contributed by atoms with Crippen LogP contribution in [0.2, 0.25) is 0 Å². The van der Waals surface area contributed by atoms with Crippen LogP contribution < -0.4 is 9.47 Å². The minimum Gasteiger partial charge on any atom is -0.497 e. The molecule has 1 unspecified atom stereocenters. The van der Waals surface area contributed by atoms with Crippen LogP contribution in [0.3, 0.4) is 0 Å². The lowest BCUT2D eigenvalue weighted by Crippen LogP contribution is -2.50. The number of imidazole rings is 1. The number of hydrogen-bond donors (Lipinski definition) is 1. The van der Waals surface area contributed by atoms with Crippen molar-refractivity contribution in [1.82, 2.24) is 19.8 Å². The highest BCUT2D eigenvalue weighted by molar-refractivity contribution is 5.86.